The fraction of sp³-hybridized carbons (Fsp3) is 0.222. The van der Waals surface area contributed by atoms with Crippen LogP contribution in [0.4, 0.5) is 5.69 Å². The van der Waals surface area contributed by atoms with Crippen molar-refractivity contribution in [3.8, 4) is 11.5 Å². The number of hydrogen-bond donors (Lipinski definition) is 2. The molecule has 2 N–H and O–H groups in total. The third-order valence-electron chi connectivity index (χ3n) is 5.31. The Bertz CT molecular complexity index is 1120. The Morgan fingerprint density at radius 3 is 2.12 bits per heavy atom. The van der Waals surface area contributed by atoms with Crippen LogP contribution in [0.1, 0.15) is 22.3 Å². The second-order valence-corrected chi connectivity index (χ2v) is 7.63. The maximum Gasteiger partial charge on any atom is 0.235 e. The van der Waals surface area contributed by atoms with Crippen molar-refractivity contribution in [2.75, 3.05) is 26.1 Å². The number of carbonyl (C=O) groups excluding carboxylic acids is 3. The van der Waals surface area contributed by atoms with E-state index in [1.807, 2.05) is 18.2 Å². The van der Waals surface area contributed by atoms with Crippen LogP contribution < -0.4 is 20.1 Å². The van der Waals surface area contributed by atoms with Crippen molar-refractivity contribution in [1.82, 2.24) is 5.32 Å². The number of anilines is 1. The minimum atomic E-state index is -1.15. The molecule has 0 saturated carbocycles. The molecule has 3 rings (SSSR count). The van der Waals surface area contributed by atoms with Gasteiger partial charge in [0.2, 0.25) is 11.8 Å². The first-order chi connectivity index (χ1) is 16.5. The average molecular weight is 461 g/mol. The van der Waals surface area contributed by atoms with Crippen LogP contribution in [0.3, 0.4) is 0 Å². The number of ketones is 1. The molecule has 0 saturated heterocycles. The topological polar surface area (TPSA) is 93.7 Å². The lowest BCUT2D eigenvalue weighted by Gasteiger charge is -2.16. The van der Waals surface area contributed by atoms with Gasteiger partial charge in [0.05, 0.1) is 14.2 Å². The number of hydrogen-bond acceptors (Lipinski definition) is 5. The van der Waals surface area contributed by atoms with E-state index in [0.29, 0.717) is 35.7 Å². The van der Waals surface area contributed by atoms with Crippen molar-refractivity contribution in [3.63, 3.8) is 0 Å². The summed E-state index contributed by atoms with van der Waals surface area (Å²) in [6.07, 6.45) is 0.304. The minimum absolute atomic E-state index is 0.252. The van der Waals surface area contributed by atoms with Crippen molar-refractivity contribution in [2.45, 2.75) is 12.8 Å². The molecule has 0 radical (unpaired) electrons. The molecule has 0 bridgehead atoms. The summed E-state index contributed by atoms with van der Waals surface area (Å²) in [5.74, 6) is -1.21. The SMILES string of the molecule is COc1ccc(CCNC(=O)C[C@@H](C(=O)Nc2ccccc2)C(=O)c2ccccc2)cc1OC. The molecular weight excluding hydrogens is 432 g/mol. The van der Waals surface area contributed by atoms with E-state index in [-0.39, 0.29) is 12.3 Å². The average Bonchev–Trinajstić information content (AvgIpc) is 2.87. The van der Waals surface area contributed by atoms with E-state index >= 15 is 0 Å². The lowest BCUT2D eigenvalue weighted by atomic mass is 9.93. The Morgan fingerprint density at radius 1 is 0.824 bits per heavy atom. The molecule has 7 nitrogen and oxygen atoms in total. The molecule has 0 fully saturated rings. The minimum Gasteiger partial charge on any atom is -0.493 e. The number of ether oxygens (including phenoxy) is 2. The van der Waals surface area contributed by atoms with Crippen LogP contribution in [0.2, 0.25) is 0 Å². The predicted molar refractivity (Wildman–Crippen MR) is 130 cm³/mol. The normalized spacial score (nSPS) is 11.2. The Hall–Kier alpha value is -4.13. The number of benzene rings is 3. The highest BCUT2D eigenvalue weighted by molar-refractivity contribution is 6.15. The maximum absolute atomic E-state index is 13.1. The van der Waals surface area contributed by atoms with E-state index < -0.39 is 17.6 Å². The first kappa shape index (κ1) is 24.5. The Kier molecular flexibility index (Phi) is 8.80. The lowest BCUT2D eigenvalue weighted by Crippen LogP contribution is -2.36. The van der Waals surface area contributed by atoms with E-state index in [1.54, 1.807) is 74.9 Å². The highest BCUT2D eigenvalue weighted by atomic mass is 16.5. The van der Waals surface area contributed by atoms with Crippen molar-refractivity contribution in [3.05, 3.63) is 90.0 Å². The molecular formula is C27H28N2O5. The molecule has 0 aliphatic heterocycles. The second-order valence-electron chi connectivity index (χ2n) is 7.63. The van der Waals surface area contributed by atoms with Gasteiger partial charge in [-0.15, -0.1) is 0 Å². The summed E-state index contributed by atoms with van der Waals surface area (Å²) in [4.78, 5) is 38.7. The molecule has 3 aromatic carbocycles. The van der Waals surface area contributed by atoms with E-state index in [1.165, 1.54) is 0 Å². The summed E-state index contributed by atoms with van der Waals surface area (Å²) >= 11 is 0. The first-order valence-corrected chi connectivity index (χ1v) is 10.9. The first-order valence-electron chi connectivity index (χ1n) is 10.9. The smallest absolute Gasteiger partial charge is 0.235 e. The number of para-hydroxylation sites is 1. The number of rotatable bonds is 11. The number of carbonyl (C=O) groups is 3. The molecule has 34 heavy (non-hydrogen) atoms. The summed E-state index contributed by atoms with van der Waals surface area (Å²) in [5, 5.41) is 5.55. The molecule has 0 aliphatic carbocycles. The molecule has 0 aromatic heterocycles. The second kappa shape index (κ2) is 12.2. The van der Waals surface area contributed by atoms with E-state index in [4.69, 9.17) is 9.47 Å². The Morgan fingerprint density at radius 2 is 1.47 bits per heavy atom. The Labute approximate surface area is 199 Å². The molecule has 0 unspecified atom stereocenters. The van der Waals surface area contributed by atoms with Gasteiger partial charge in [0.25, 0.3) is 0 Å². The van der Waals surface area contributed by atoms with Gasteiger partial charge in [0, 0.05) is 24.2 Å². The van der Waals surface area contributed by atoms with Crippen LogP contribution >= 0.6 is 0 Å². The molecule has 3 aromatic rings. The van der Waals surface area contributed by atoms with Crippen LogP contribution in [0.5, 0.6) is 11.5 Å². The van der Waals surface area contributed by atoms with Gasteiger partial charge in [-0.25, -0.2) is 0 Å². The zero-order valence-corrected chi connectivity index (χ0v) is 19.2. The maximum atomic E-state index is 13.1. The van der Waals surface area contributed by atoms with Crippen molar-refractivity contribution < 1.29 is 23.9 Å². The number of Topliss-reactive ketones (excluding diaryl/α,β-unsaturated/α-hetero) is 1. The molecule has 2 amide bonds. The van der Waals surface area contributed by atoms with Crippen molar-refractivity contribution in [1.29, 1.82) is 0 Å². The Balaban J connectivity index is 1.64. The van der Waals surface area contributed by atoms with Gasteiger partial charge in [-0.2, -0.15) is 0 Å². The fourth-order valence-corrected chi connectivity index (χ4v) is 3.50. The van der Waals surface area contributed by atoms with Gasteiger partial charge in [-0.05, 0) is 36.2 Å². The molecule has 7 heteroatoms. The van der Waals surface area contributed by atoms with E-state index in [9.17, 15) is 14.4 Å². The van der Waals surface area contributed by atoms with E-state index in [2.05, 4.69) is 10.6 Å². The van der Waals surface area contributed by atoms with Gasteiger partial charge in [0.15, 0.2) is 17.3 Å². The summed E-state index contributed by atoms with van der Waals surface area (Å²) < 4.78 is 10.5. The van der Waals surface area contributed by atoms with Gasteiger partial charge < -0.3 is 20.1 Å². The quantitative estimate of drug-likeness (QED) is 0.335. The van der Waals surface area contributed by atoms with Crippen LogP contribution in [-0.2, 0) is 16.0 Å². The highest BCUT2D eigenvalue weighted by Crippen LogP contribution is 2.27. The molecule has 0 spiro atoms. The van der Waals surface area contributed by atoms with Gasteiger partial charge in [0.1, 0.15) is 5.92 Å². The van der Waals surface area contributed by atoms with Gasteiger partial charge >= 0.3 is 0 Å². The van der Waals surface area contributed by atoms with E-state index in [0.717, 1.165) is 5.56 Å². The van der Waals surface area contributed by atoms with Gasteiger partial charge in [-0.3, -0.25) is 14.4 Å². The zero-order chi connectivity index (χ0) is 24.3. The summed E-state index contributed by atoms with van der Waals surface area (Å²) in [6, 6.07) is 22.9. The van der Waals surface area contributed by atoms with Crippen molar-refractivity contribution >= 4 is 23.3 Å². The van der Waals surface area contributed by atoms with Gasteiger partial charge in [-0.1, -0.05) is 54.6 Å². The summed E-state index contributed by atoms with van der Waals surface area (Å²) in [6.45, 7) is 0.348. The standard InChI is InChI=1S/C27H28N2O5/c1-33-23-14-13-19(17-24(23)34-2)15-16-28-25(30)18-22(26(31)20-9-5-3-6-10-20)27(32)29-21-11-7-4-8-12-21/h3-14,17,22H,15-16,18H2,1-2H3,(H,28,30)(H,29,32)/t22-/m1/s1. The highest BCUT2D eigenvalue weighted by Gasteiger charge is 2.30. The monoisotopic (exact) mass is 460 g/mol. The predicted octanol–water partition coefficient (Wildman–Crippen LogP) is 3.89. The van der Waals surface area contributed by atoms with Crippen LogP contribution in [0.25, 0.3) is 0 Å². The molecule has 0 aliphatic rings. The summed E-state index contributed by atoms with van der Waals surface area (Å²) in [7, 11) is 3.13. The number of methoxy groups -OCH3 is 2. The van der Waals surface area contributed by atoms with Crippen molar-refractivity contribution in [2.24, 2.45) is 5.92 Å². The largest absolute Gasteiger partial charge is 0.493 e. The molecule has 176 valence electrons. The summed E-state index contributed by atoms with van der Waals surface area (Å²) in [5.41, 5.74) is 1.90. The third-order valence-corrected chi connectivity index (χ3v) is 5.31. The fourth-order valence-electron chi connectivity index (χ4n) is 3.50. The van der Waals surface area contributed by atoms with Crippen LogP contribution in [0.15, 0.2) is 78.9 Å². The van der Waals surface area contributed by atoms with Crippen LogP contribution in [-0.4, -0.2) is 38.4 Å². The molecule has 0 heterocycles. The zero-order valence-electron chi connectivity index (χ0n) is 19.2. The number of nitrogens with one attached hydrogen (secondary N) is 2. The number of amides is 2. The molecule has 1 atom stereocenters. The lowest BCUT2D eigenvalue weighted by molar-refractivity contribution is -0.126. The van der Waals surface area contributed by atoms with Crippen LogP contribution in [0, 0.1) is 5.92 Å². The third kappa shape index (κ3) is 6.68.